The summed E-state index contributed by atoms with van der Waals surface area (Å²) in [5.74, 6) is 0.837. The first-order valence-electron chi connectivity index (χ1n) is 11.1. The van der Waals surface area contributed by atoms with Crippen LogP contribution in [0.25, 0.3) is 11.2 Å². The third kappa shape index (κ3) is 4.29. The maximum Gasteiger partial charge on any atom is 0.345 e. The Morgan fingerprint density at radius 3 is 2.58 bits per heavy atom. The second kappa shape index (κ2) is 8.90. The molecule has 10 heteroatoms. The Kier molecular flexibility index (Phi) is 5.96. The van der Waals surface area contributed by atoms with Gasteiger partial charge in [-0.15, -0.1) is 0 Å². The molecule has 3 saturated heterocycles. The number of imidazole rings is 1. The van der Waals surface area contributed by atoms with E-state index in [-0.39, 0.29) is 24.2 Å². The maximum atomic E-state index is 15.3. The van der Waals surface area contributed by atoms with Crippen LogP contribution in [0, 0.1) is 18.7 Å². The summed E-state index contributed by atoms with van der Waals surface area (Å²) in [7, 11) is 1.44. The van der Waals surface area contributed by atoms with Crippen molar-refractivity contribution in [3.05, 3.63) is 46.7 Å². The van der Waals surface area contributed by atoms with E-state index in [0.717, 1.165) is 38.0 Å². The van der Waals surface area contributed by atoms with Crippen molar-refractivity contribution in [2.24, 2.45) is 5.92 Å². The molecule has 0 N–H and O–H groups in total. The minimum atomic E-state index is -2.95. The molecule has 0 aliphatic carbocycles. The van der Waals surface area contributed by atoms with E-state index in [2.05, 4.69) is 24.6 Å². The Morgan fingerprint density at radius 1 is 1.15 bits per heavy atom. The van der Waals surface area contributed by atoms with Crippen LogP contribution in [0.15, 0.2) is 18.2 Å². The number of hydrogen-bond acceptors (Lipinski definition) is 6. The molecule has 6 rings (SSSR count). The fraction of sp³-hybridized carbons (Fsp3) is 0.522. The third-order valence-corrected chi connectivity index (χ3v) is 6.84. The smallest absolute Gasteiger partial charge is 0.345 e. The molecule has 33 heavy (non-hydrogen) atoms. The Hall–Kier alpha value is -2.72. The molecular weight excluding hydrogens is 435 g/mol. The van der Waals surface area contributed by atoms with Crippen LogP contribution in [0.1, 0.15) is 41.4 Å². The second-order valence-corrected chi connectivity index (χ2v) is 8.75. The summed E-state index contributed by atoms with van der Waals surface area (Å²) < 4.78 is 51.9. The number of hydrogen-bond donors (Lipinski definition) is 0. The summed E-state index contributed by atoms with van der Waals surface area (Å²) in [6.45, 7) is 1.65. The summed E-state index contributed by atoms with van der Waals surface area (Å²) in [6.07, 6.45) is 2.31. The topological polar surface area (TPSA) is 65.3 Å². The minimum absolute atomic E-state index is 0.0738. The molecule has 3 aliphatic heterocycles. The molecule has 0 saturated carbocycles. The van der Waals surface area contributed by atoms with Gasteiger partial charge in [0.05, 0.1) is 19.3 Å². The first-order chi connectivity index (χ1) is 15.9. The van der Waals surface area contributed by atoms with Gasteiger partial charge >= 0.3 is 12.6 Å². The van der Waals surface area contributed by atoms with Crippen molar-refractivity contribution in [3.8, 4) is 6.01 Å². The first-order valence-corrected chi connectivity index (χ1v) is 11.1. The van der Waals surface area contributed by atoms with Crippen molar-refractivity contribution in [1.29, 1.82) is 0 Å². The van der Waals surface area contributed by atoms with Crippen molar-refractivity contribution >= 4 is 11.2 Å². The summed E-state index contributed by atoms with van der Waals surface area (Å²) in [5.41, 5.74) is 2.79. The summed E-state index contributed by atoms with van der Waals surface area (Å²) in [4.78, 5) is 15.4. The number of fused-ring (bicyclic) bond motifs is 4. The normalized spacial score (nSPS) is 22.4. The van der Waals surface area contributed by atoms with Crippen LogP contribution in [-0.4, -0.2) is 57.8 Å². The van der Waals surface area contributed by atoms with Gasteiger partial charge in [0.25, 0.3) is 0 Å². The van der Waals surface area contributed by atoms with Crippen LogP contribution < -0.4 is 4.74 Å². The van der Waals surface area contributed by atoms with Crippen molar-refractivity contribution < 1.29 is 22.6 Å². The number of rotatable bonds is 7. The molecule has 1 aromatic carbocycles. The number of alkyl halides is 2. The van der Waals surface area contributed by atoms with Crippen LogP contribution in [0.5, 0.6) is 6.01 Å². The van der Waals surface area contributed by atoms with Crippen molar-refractivity contribution in [3.63, 3.8) is 0 Å². The molecule has 3 fully saturated rings. The molecule has 1 unspecified atom stereocenters. The maximum absolute atomic E-state index is 15.3. The molecule has 0 radical (unpaired) electrons. The molecule has 7 nitrogen and oxygen atoms in total. The summed E-state index contributed by atoms with van der Waals surface area (Å²) in [6, 6.07) is 5.51. The lowest BCUT2D eigenvalue weighted by Gasteiger charge is -2.45. The molecule has 2 bridgehead atoms. The number of aryl methyl sites for hydroxylation is 1. The Morgan fingerprint density at radius 2 is 1.94 bits per heavy atom. The average molecular weight is 461 g/mol. The molecule has 3 aliphatic rings. The lowest BCUT2D eigenvalue weighted by Crippen LogP contribution is -2.46. The Labute approximate surface area is 189 Å². The quantitative estimate of drug-likeness (QED) is 0.532. The molecular formula is C23H26F3N5O2. The molecule has 5 heterocycles. The highest BCUT2D eigenvalue weighted by atomic mass is 19.3. The third-order valence-electron chi connectivity index (χ3n) is 6.84. The van der Waals surface area contributed by atoms with E-state index < -0.39 is 13.2 Å². The Bertz CT molecular complexity index is 1160. The van der Waals surface area contributed by atoms with Crippen LogP contribution in [0.2, 0.25) is 0 Å². The van der Waals surface area contributed by atoms with Gasteiger partial charge in [0.1, 0.15) is 23.8 Å². The summed E-state index contributed by atoms with van der Waals surface area (Å²) in [5, 5.41) is 0. The molecule has 3 aromatic rings. The highest BCUT2D eigenvalue weighted by Crippen LogP contribution is 2.39. The number of nitrogens with zero attached hydrogens (tertiary/aromatic N) is 5. The molecule has 1 atom stereocenters. The largest absolute Gasteiger partial charge is 0.467 e. The lowest BCUT2D eigenvalue weighted by molar-refractivity contribution is -0.139. The van der Waals surface area contributed by atoms with E-state index in [1.54, 1.807) is 23.6 Å². The average Bonchev–Trinajstić information content (AvgIpc) is 3.17. The number of halogens is 3. The highest BCUT2D eigenvalue weighted by Gasteiger charge is 2.35. The van der Waals surface area contributed by atoms with E-state index in [1.807, 2.05) is 6.07 Å². The molecule has 0 amide bonds. The van der Waals surface area contributed by atoms with Crippen molar-refractivity contribution in [2.75, 3.05) is 26.7 Å². The predicted octanol–water partition coefficient (Wildman–Crippen LogP) is 3.88. The number of piperidine rings is 3. The van der Waals surface area contributed by atoms with Gasteiger partial charge in [0.2, 0.25) is 0 Å². The van der Waals surface area contributed by atoms with E-state index in [4.69, 9.17) is 4.74 Å². The van der Waals surface area contributed by atoms with Crippen LogP contribution in [-0.2, 0) is 17.9 Å². The fourth-order valence-corrected chi connectivity index (χ4v) is 5.10. The minimum Gasteiger partial charge on any atom is -0.467 e. The number of ether oxygens (including phenoxy) is 2. The number of aromatic nitrogens is 4. The number of benzene rings is 1. The SMILES string of the molecule is COc1nc(C)c2nc(COC(F)F)n(Cc3ccc(C4CN5CCC4CC5)cc3F)c2n1. The fourth-order valence-electron chi connectivity index (χ4n) is 5.10. The van der Waals surface area contributed by atoms with E-state index in [0.29, 0.717) is 34.3 Å². The van der Waals surface area contributed by atoms with Gasteiger partial charge in [-0.2, -0.15) is 18.7 Å². The van der Waals surface area contributed by atoms with Crippen molar-refractivity contribution in [2.45, 2.75) is 45.4 Å². The van der Waals surface area contributed by atoms with Crippen LogP contribution >= 0.6 is 0 Å². The number of methoxy groups -OCH3 is 1. The zero-order valence-electron chi connectivity index (χ0n) is 18.6. The van der Waals surface area contributed by atoms with Gasteiger partial charge in [-0.05, 0) is 56.3 Å². The monoisotopic (exact) mass is 461 g/mol. The van der Waals surface area contributed by atoms with Gasteiger partial charge < -0.3 is 18.9 Å². The van der Waals surface area contributed by atoms with Gasteiger partial charge in [-0.25, -0.2) is 9.37 Å². The van der Waals surface area contributed by atoms with Crippen LogP contribution in [0.3, 0.4) is 0 Å². The predicted molar refractivity (Wildman–Crippen MR) is 115 cm³/mol. The molecule has 0 spiro atoms. The Balaban J connectivity index is 1.48. The second-order valence-electron chi connectivity index (χ2n) is 8.75. The lowest BCUT2D eigenvalue weighted by atomic mass is 9.75. The zero-order chi connectivity index (χ0) is 23.1. The van der Waals surface area contributed by atoms with E-state index >= 15 is 4.39 Å². The molecule has 176 valence electrons. The highest BCUT2D eigenvalue weighted by molar-refractivity contribution is 5.74. The first kappa shape index (κ1) is 22.1. The van der Waals surface area contributed by atoms with Gasteiger partial charge in [0.15, 0.2) is 5.65 Å². The van der Waals surface area contributed by atoms with Crippen molar-refractivity contribution in [1.82, 2.24) is 24.4 Å². The standard InChI is InChI=1S/C23H26F3N5O2/c1-13-20-21(29-23(27-13)32-2)31(19(28-20)12-33-22(25)26)10-16-4-3-15(9-18(16)24)17-11-30-7-5-14(17)6-8-30/h3-4,9,14,17,22H,5-8,10-12H2,1-2H3. The van der Waals surface area contributed by atoms with Gasteiger partial charge in [-0.3, -0.25) is 0 Å². The zero-order valence-corrected chi connectivity index (χ0v) is 18.6. The van der Waals surface area contributed by atoms with Crippen LogP contribution in [0.4, 0.5) is 13.2 Å². The molecule has 2 aromatic heterocycles. The van der Waals surface area contributed by atoms with Gasteiger partial charge in [-0.1, -0.05) is 12.1 Å². The van der Waals surface area contributed by atoms with E-state index in [9.17, 15) is 8.78 Å². The van der Waals surface area contributed by atoms with E-state index in [1.165, 1.54) is 7.11 Å². The summed E-state index contributed by atoms with van der Waals surface area (Å²) >= 11 is 0. The van der Waals surface area contributed by atoms with Gasteiger partial charge in [0, 0.05) is 12.1 Å².